The second-order valence-electron chi connectivity index (χ2n) is 6.52. The minimum Gasteiger partial charge on any atom is -0.507 e. The van der Waals surface area contributed by atoms with Crippen LogP contribution < -0.4 is 5.32 Å². The Balaban J connectivity index is 2.15. The number of halogens is 2. The molecule has 3 nitrogen and oxygen atoms in total. The highest BCUT2D eigenvalue weighted by Crippen LogP contribution is 2.33. The Morgan fingerprint density at radius 3 is 2.46 bits per heavy atom. The van der Waals surface area contributed by atoms with E-state index in [9.17, 15) is 13.9 Å². The Bertz CT molecular complexity index is 926. The highest BCUT2D eigenvalue weighted by Gasteiger charge is 2.14. The summed E-state index contributed by atoms with van der Waals surface area (Å²) < 4.78 is 27.9. The lowest BCUT2D eigenvalue weighted by Gasteiger charge is -2.14. The zero-order valence-corrected chi connectivity index (χ0v) is 14.6. The van der Waals surface area contributed by atoms with Crippen molar-refractivity contribution in [2.45, 2.75) is 13.8 Å². The van der Waals surface area contributed by atoms with Crippen LogP contribution in [0.4, 0.5) is 14.6 Å². The van der Waals surface area contributed by atoms with Crippen molar-refractivity contribution in [3.8, 4) is 28.1 Å². The molecular weight excluding hydrogens is 334 g/mol. The smallest absolute Gasteiger partial charge is 0.166 e. The number of phenolic OH excluding ortho intramolecular Hbond substituents is 1. The topological polar surface area (TPSA) is 45.1 Å². The molecule has 0 amide bonds. The van der Waals surface area contributed by atoms with Crippen molar-refractivity contribution in [2.24, 2.45) is 5.92 Å². The SMILES string of the molecule is CC(C)CNc1cc(-c2cccc(F)c2F)cc(-c2ccccc2O)n1. The average molecular weight is 354 g/mol. The van der Waals surface area contributed by atoms with Gasteiger partial charge >= 0.3 is 0 Å². The molecule has 2 aromatic carbocycles. The van der Waals surface area contributed by atoms with Gasteiger partial charge in [-0.3, -0.25) is 0 Å². The van der Waals surface area contributed by atoms with E-state index in [1.165, 1.54) is 12.1 Å². The van der Waals surface area contributed by atoms with Crippen LogP contribution in [0, 0.1) is 17.6 Å². The van der Waals surface area contributed by atoms with Crippen LogP contribution in [0.15, 0.2) is 54.6 Å². The van der Waals surface area contributed by atoms with E-state index in [-0.39, 0.29) is 11.3 Å². The first-order chi connectivity index (χ1) is 12.5. The number of benzene rings is 2. The van der Waals surface area contributed by atoms with Crippen LogP contribution in [0.25, 0.3) is 22.4 Å². The minimum absolute atomic E-state index is 0.0756. The predicted molar refractivity (Wildman–Crippen MR) is 100 cm³/mol. The number of aromatic nitrogens is 1. The second kappa shape index (κ2) is 7.52. The van der Waals surface area contributed by atoms with Crippen molar-refractivity contribution in [2.75, 3.05) is 11.9 Å². The maximum atomic E-state index is 14.3. The Morgan fingerprint density at radius 1 is 1.00 bits per heavy atom. The summed E-state index contributed by atoms with van der Waals surface area (Å²) in [4.78, 5) is 4.53. The number of anilines is 1. The first-order valence-electron chi connectivity index (χ1n) is 8.44. The zero-order valence-electron chi connectivity index (χ0n) is 14.6. The van der Waals surface area contributed by atoms with Crippen LogP contribution in [-0.4, -0.2) is 16.6 Å². The van der Waals surface area contributed by atoms with Crippen LogP contribution >= 0.6 is 0 Å². The summed E-state index contributed by atoms with van der Waals surface area (Å²) in [7, 11) is 0. The largest absolute Gasteiger partial charge is 0.507 e. The van der Waals surface area contributed by atoms with E-state index in [4.69, 9.17) is 0 Å². The highest BCUT2D eigenvalue weighted by molar-refractivity contribution is 5.76. The molecule has 0 unspecified atom stereocenters. The molecule has 1 heterocycles. The molecule has 0 aliphatic heterocycles. The number of hydrogen-bond acceptors (Lipinski definition) is 3. The monoisotopic (exact) mass is 354 g/mol. The molecule has 0 spiro atoms. The minimum atomic E-state index is -0.906. The van der Waals surface area contributed by atoms with Crippen molar-refractivity contribution < 1.29 is 13.9 Å². The number of pyridine rings is 1. The van der Waals surface area contributed by atoms with Crippen molar-refractivity contribution in [1.29, 1.82) is 0 Å². The van der Waals surface area contributed by atoms with E-state index in [2.05, 4.69) is 24.1 Å². The number of para-hydroxylation sites is 1. The van der Waals surface area contributed by atoms with Gasteiger partial charge in [0.05, 0.1) is 5.69 Å². The molecular formula is C21H20F2N2O. The number of rotatable bonds is 5. The molecule has 3 rings (SSSR count). The molecule has 26 heavy (non-hydrogen) atoms. The lowest BCUT2D eigenvalue weighted by atomic mass is 10.0. The van der Waals surface area contributed by atoms with Gasteiger partial charge in [0.25, 0.3) is 0 Å². The highest BCUT2D eigenvalue weighted by atomic mass is 19.2. The molecule has 0 atom stereocenters. The summed E-state index contributed by atoms with van der Waals surface area (Å²) in [6, 6.07) is 14.2. The summed E-state index contributed by atoms with van der Waals surface area (Å²) >= 11 is 0. The van der Waals surface area contributed by atoms with Crippen LogP contribution in [0.1, 0.15) is 13.8 Å². The number of nitrogens with zero attached hydrogens (tertiary/aromatic N) is 1. The number of nitrogens with one attached hydrogen (secondary N) is 1. The first-order valence-corrected chi connectivity index (χ1v) is 8.44. The van der Waals surface area contributed by atoms with E-state index in [0.717, 1.165) is 6.07 Å². The maximum absolute atomic E-state index is 14.3. The first kappa shape index (κ1) is 17.9. The third kappa shape index (κ3) is 3.82. The third-order valence-corrected chi connectivity index (χ3v) is 3.96. The van der Waals surface area contributed by atoms with Gasteiger partial charge in [-0.25, -0.2) is 13.8 Å². The van der Waals surface area contributed by atoms with Gasteiger partial charge in [0, 0.05) is 17.7 Å². The molecule has 0 aliphatic carbocycles. The lowest BCUT2D eigenvalue weighted by molar-refractivity contribution is 0.477. The van der Waals surface area contributed by atoms with Gasteiger partial charge in [-0.2, -0.15) is 0 Å². The Morgan fingerprint density at radius 2 is 1.73 bits per heavy atom. The molecule has 1 aromatic heterocycles. The fourth-order valence-corrected chi connectivity index (χ4v) is 2.64. The molecule has 0 bridgehead atoms. The standard InChI is InChI=1S/C21H20F2N2O/c1-13(2)12-24-20-11-14(15-7-5-8-17(22)21(15)23)10-18(25-20)16-6-3-4-9-19(16)26/h3-11,13,26H,12H2,1-2H3,(H,24,25). The molecule has 0 fully saturated rings. The molecule has 0 aliphatic rings. The number of hydrogen-bond donors (Lipinski definition) is 2. The van der Waals surface area contributed by atoms with E-state index < -0.39 is 11.6 Å². The zero-order chi connectivity index (χ0) is 18.7. The van der Waals surface area contributed by atoms with E-state index in [1.807, 2.05) is 0 Å². The summed E-state index contributed by atoms with van der Waals surface area (Å²) in [5.41, 5.74) is 1.65. The molecule has 2 N–H and O–H groups in total. The molecule has 5 heteroatoms. The van der Waals surface area contributed by atoms with Gasteiger partial charge in [0.1, 0.15) is 11.6 Å². The van der Waals surface area contributed by atoms with Crippen molar-refractivity contribution in [3.63, 3.8) is 0 Å². The van der Waals surface area contributed by atoms with Gasteiger partial charge in [0.2, 0.25) is 0 Å². The van der Waals surface area contributed by atoms with Crippen LogP contribution in [-0.2, 0) is 0 Å². The maximum Gasteiger partial charge on any atom is 0.166 e. The summed E-state index contributed by atoms with van der Waals surface area (Å²) in [6.07, 6.45) is 0. The van der Waals surface area contributed by atoms with Crippen molar-refractivity contribution in [1.82, 2.24) is 4.98 Å². The Hall–Kier alpha value is -2.95. The van der Waals surface area contributed by atoms with Gasteiger partial charge in [-0.05, 0) is 41.8 Å². The average Bonchev–Trinajstić information content (AvgIpc) is 2.62. The van der Waals surface area contributed by atoms with Crippen molar-refractivity contribution in [3.05, 3.63) is 66.2 Å². The molecule has 0 saturated carbocycles. The Labute approximate surface area is 151 Å². The molecule has 0 radical (unpaired) electrons. The quantitative estimate of drug-likeness (QED) is 0.639. The van der Waals surface area contributed by atoms with Crippen LogP contribution in [0.3, 0.4) is 0 Å². The summed E-state index contributed by atoms with van der Waals surface area (Å²) in [6.45, 7) is 4.81. The van der Waals surface area contributed by atoms with Gasteiger partial charge in [0.15, 0.2) is 11.6 Å². The molecule has 134 valence electrons. The van der Waals surface area contributed by atoms with Crippen LogP contribution in [0.5, 0.6) is 5.75 Å². The van der Waals surface area contributed by atoms with E-state index in [1.54, 1.807) is 36.4 Å². The Kier molecular flexibility index (Phi) is 5.16. The van der Waals surface area contributed by atoms with E-state index in [0.29, 0.717) is 35.1 Å². The van der Waals surface area contributed by atoms with Crippen molar-refractivity contribution >= 4 is 5.82 Å². The van der Waals surface area contributed by atoms with Gasteiger partial charge in [-0.1, -0.05) is 38.1 Å². The normalized spacial score (nSPS) is 11.0. The second-order valence-corrected chi connectivity index (χ2v) is 6.52. The lowest BCUT2D eigenvalue weighted by Crippen LogP contribution is -2.09. The molecule has 3 aromatic rings. The summed E-state index contributed by atoms with van der Waals surface area (Å²) in [5.74, 6) is -0.804. The fourth-order valence-electron chi connectivity index (χ4n) is 2.64. The third-order valence-electron chi connectivity index (χ3n) is 3.96. The summed E-state index contributed by atoms with van der Waals surface area (Å²) in [5, 5.41) is 13.3. The van der Waals surface area contributed by atoms with E-state index >= 15 is 0 Å². The number of phenols is 1. The van der Waals surface area contributed by atoms with Crippen LogP contribution in [0.2, 0.25) is 0 Å². The van der Waals surface area contributed by atoms with Gasteiger partial charge in [-0.15, -0.1) is 0 Å². The predicted octanol–water partition coefficient (Wildman–Crippen LogP) is 5.47. The fraction of sp³-hybridized carbons (Fsp3) is 0.190. The molecule has 0 saturated heterocycles. The number of aromatic hydroxyl groups is 1. The van der Waals surface area contributed by atoms with Gasteiger partial charge < -0.3 is 10.4 Å².